The summed E-state index contributed by atoms with van der Waals surface area (Å²) in [6.07, 6.45) is 9.29. The van der Waals surface area contributed by atoms with Gasteiger partial charge in [-0.2, -0.15) is 0 Å². The minimum absolute atomic E-state index is 0.164. The Hall–Kier alpha value is -2.63. The number of aromatic nitrogens is 3. The number of nitrogens with one attached hydrogen (secondary N) is 1. The Bertz CT molecular complexity index is 970. The number of nitrogens with zero attached hydrogens (tertiary/aromatic N) is 3. The summed E-state index contributed by atoms with van der Waals surface area (Å²) >= 11 is 0. The molecule has 3 aromatic rings. The minimum atomic E-state index is 0.164. The average molecular weight is 378 g/mol. The maximum Gasteiger partial charge on any atom is 0.225 e. The van der Waals surface area contributed by atoms with E-state index >= 15 is 0 Å². The Morgan fingerprint density at radius 1 is 1.14 bits per heavy atom. The molecule has 0 radical (unpaired) electrons. The number of aromatic amines is 1. The van der Waals surface area contributed by atoms with Crippen molar-refractivity contribution >= 4 is 16.8 Å². The summed E-state index contributed by atoms with van der Waals surface area (Å²) in [5, 5.41) is 9.76. The quantitative estimate of drug-likeness (QED) is 0.743. The fourth-order valence-corrected chi connectivity index (χ4v) is 4.71. The molecule has 2 aromatic heterocycles. The van der Waals surface area contributed by atoms with E-state index in [-0.39, 0.29) is 11.8 Å². The molecule has 1 saturated carbocycles. The number of carbonyl (C=O) groups is 1. The smallest absolute Gasteiger partial charge is 0.225 e. The lowest BCUT2D eigenvalue weighted by molar-refractivity contribution is -0.135. The molecule has 1 N–H and O–H groups in total. The number of amides is 1. The molecule has 1 saturated heterocycles. The molecule has 6 heteroatoms. The summed E-state index contributed by atoms with van der Waals surface area (Å²) < 4.78 is 5.99. The molecule has 3 heterocycles. The van der Waals surface area contributed by atoms with Crippen molar-refractivity contribution in [1.82, 2.24) is 20.1 Å². The molecule has 6 nitrogen and oxygen atoms in total. The SMILES string of the molecule is O=C(C1CCCCC1)N1CCC(c2nnc(Cc3c[nH]c4ccccc34)o2)C1. The van der Waals surface area contributed by atoms with Crippen LogP contribution < -0.4 is 0 Å². The summed E-state index contributed by atoms with van der Waals surface area (Å²) in [6, 6.07) is 8.22. The maximum atomic E-state index is 12.8. The lowest BCUT2D eigenvalue weighted by atomic mass is 9.88. The molecule has 1 amide bonds. The predicted molar refractivity (Wildman–Crippen MR) is 106 cm³/mol. The van der Waals surface area contributed by atoms with Gasteiger partial charge < -0.3 is 14.3 Å². The number of rotatable bonds is 4. The molecule has 146 valence electrons. The van der Waals surface area contributed by atoms with Gasteiger partial charge in [-0.25, -0.2) is 0 Å². The molecule has 0 spiro atoms. The number of hydrogen-bond acceptors (Lipinski definition) is 4. The third-order valence-corrected chi connectivity index (χ3v) is 6.30. The van der Waals surface area contributed by atoms with Crippen LogP contribution in [0.25, 0.3) is 10.9 Å². The normalized spacial score (nSPS) is 20.9. The van der Waals surface area contributed by atoms with Crippen LogP contribution in [-0.4, -0.2) is 39.1 Å². The number of hydrogen-bond donors (Lipinski definition) is 1. The zero-order valence-corrected chi connectivity index (χ0v) is 16.1. The van der Waals surface area contributed by atoms with Crippen molar-refractivity contribution in [2.75, 3.05) is 13.1 Å². The highest BCUT2D eigenvalue weighted by Gasteiger charge is 2.34. The van der Waals surface area contributed by atoms with Gasteiger partial charge in [0.25, 0.3) is 0 Å². The Morgan fingerprint density at radius 2 is 2.00 bits per heavy atom. The second-order valence-corrected chi connectivity index (χ2v) is 8.18. The van der Waals surface area contributed by atoms with Gasteiger partial charge >= 0.3 is 0 Å². The molecule has 28 heavy (non-hydrogen) atoms. The van der Waals surface area contributed by atoms with Gasteiger partial charge in [-0.1, -0.05) is 37.5 Å². The summed E-state index contributed by atoms with van der Waals surface area (Å²) in [6.45, 7) is 1.52. The van der Waals surface area contributed by atoms with Crippen LogP contribution in [0.15, 0.2) is 34.9 Å². The van der Waals surface area contributed by atoms with Gasteiger partial charge in [-0.15, -0.1) is 10.2 Å². The molecule has 0 bridgehead atoms. The van der Waals surface area contributed by atoms with Gasteiger partial charge in [0.05, 0.1) is 12.3 Å². The van der Waals surface area contributed by atoms with Crippen molar-refractivity contribution < 1.29 is 9.21 Å². The van der Waals surface area contributed by atoms with Crippen LogP contribution in [0.1, 0.15) is 61.8 Å². The van der Waals surface area contributed by atoms with Gasteiger partial charge in [0.15, 0.2) is 0 Å². The lowest BCUT2D eigenvalue weighted by Gasteiger charge is -2.26. The lowest BCUT2D eigenvalue weighted by Crippen LogP contribution is -2.35. The van der Waals surface area contributed by atoms with Crippen LogP contribution in [-0.2, 0) is 11.2 Å². The first kappa shape index (κ1) is 17.5. The van der Waals surface area contributed by atoms with Crippen LogP contribution in [0.3, 0.4) is 0 Å². The van der Waals surface area contributed by atoms with Crippen molar-refractivity contribution in [2.24, 2.45) is 5.92 Å². The summed E-state index contributed by atoms with van der Waals surface area (Å²) in [5.74, 6) is 2.04. The zero-order chi connectivity index (χ0) is 18.9. The summed E-state index contributed by atoms with van der Waals surface area (Å²) in [5.41, 5.74) is 2.27. The third-order valence-electron chi connectivity index (χ3n) is 6.30. The van der Waals surface area contributed by atoms with Crippen molar-refractivity contribution in [3.63, 3.8) is 0 Å². The van der Waals surface area contributed by atoms with Crippen LogP contribution in [0.2, 0.25) is 0 Å². The van der Waals surface area contributed by atoms with Crippen molar-refractivity contribution in [2.45, 2.75) is 50.9 Å². The molecular weight excluding hydrogens is 352 g/mol. The molecule has 1 aromatic carbocycles. The van der Waals surface area contributed by atoms with Crippen molar-refractivity contribution in [3.8, 4) is 0 Å². The number of benzene rings is 1. The number of para-hydroxylation sites is 1. The van der Waals surface area contributed by atoms with E-state index in [1.165, 1.54) is 24.6 Å². The third kappa shape index (κ3) is 3.32. The van der Waals surface area contributed by atoms with Gasteiger partial charge in [0, 0.05) is 36.1 Å². The summed E-state index contributed by atoms with van der Waals surface area (Å²) in [7, 11) is 0. The monoisotopic (exact) mass is 378 g/mol. The molecule has 1 atom stereocenters. The van der Waals surface area contributed by atoms with E-state index in [2.05, 4.69) is 27.3 Å². The van der Waals surface area contributed by atoms with E-state index in [4.69, 9.17) is 4.42 Å². The molecule has 2 fully saturated rings. The Labute approximate surface area is 164 Å². The van der Waals surface area contributed by atoms with E-state index in [1.807, 2.05) is 23.2 Å². The second-order valence-electron chi connectivity index (χ2n) is 8.18. The van der Waals surface area contributed by atoms with E-state index in [0.717, 1.165) is 36.9 Å². The molecule has 1 aliphatic heterocycles. The Kier molecular flexibility index (Phi) is 4.63. The highest BCUT2D eigenvalue weighted by atomic mass is 16.4. The van der Waals surface area contributed by atoms with Crippen molar-refractivity contribution in [3.05, 3.63) is 47.8 Å². The molecular formula is C22H26N4O2. The zero-order valence-electron chi connectivity index (χ0n) is 16.1. The maximum absolute atomic E-state index is 12.8. The van der Waals surface area contributed by atoms with Crippen LogP contribution in [0.4, 0.5) is 0 Å². The molecule has 1 unspecified atom stereocenters. The van der Waals surface area contributed by atoms with Crippen LogP contribution >= 0.6 is 0 Å². The fraction of sp³-hybridized carbons (Fsp3) is 0.500. The Morgan fingerprint density at radius 3 is 2.89 bits per heavy atom. The van der Waals surface area contributed by atoms with Gasteiger partial charge in [-0.3, -0.25) is 4.79 Å². The first-order valence-corrected chi connectivity index (χ1v) is 10.4. The summed E-state index contributed by atoms with van der Waals surface area (Å²) in [4.78, 5) is 18.1. The highest BCUT2D eigenvalue weighted by molar-refractivity contribution is 5.83. The predicted octanol–water partition coefficient (Wildman–Crippen LogP) is 4.04. The largest absolute Gasteiger partial charge is 0.425 e. The highest BCUT2D eigenvalue weighted by Crippen LogP contribution is 2.31. The molecule has 1 aliphatic carbocycles. The number of likely N-dealkylation sites (tertiary alicyclic amines) is 1. The van der Waals surface area contributed by atoms with Crippen molar-refractivity contribution in [1.29, 1.82) is 0 Å². The van der Waals surface area contributed by atoms with Crippen LogP contribution in [0, 0.1) is 5.92 Å². The topological polar surface area (TPSA) is 75.0 Å². The van der Waals surface area contributed by atoms with Gasteiger partial charge in [-0.05, 0) is 30.9 Å². The van der Waals surface area contributed by atoms with E-state index in [1.54, 1.807) is 0 Å². The Balaban J connectivity index is 1.24. The first-order chi connectivity index (χ1) is 13.8. The minimum Gasteiger partial charge on any atom is -0.425 e. The second kappa shape index (κ2) is 7.41. The first-order valence-electron chi connectivity index (χ1n) is 10.4. The molecule has 2 aliphatic rings. The van der Waals surface area contributed by atoms with E-state index in [0.29, 0.717) is 30.7 Å². The number of fused-ring (bicyclic) bond motifs is 1. The van der Waals surface area contributed by atoms with E-state index < -0.39 is 0 Å². The number of H-pyrrole nitrogens is 1. The molecule has 5 rings (SSSR count). The van der Waals surface area contributed by atoms with Crippen LogP contribution in [0.5, 0.6) is 0 Å². The standard InChI is InChI=1S/C22H26N4O2/c27-22(15-6-2-1-3-7-15)26-11-10-16(14-26)21-25-24-20(28-21)12-17-13-23-19-9-5-4-8-18(17)19/h4-5,8-9,13,15-16,23H,1-3,6-7,10-12,14H2. The van der Waals surface area contributed by atoms with Gasteiger partial charge in [0.1, 0.15) is 0 Å². The fourth-order valence-electron chi connectivity index (χ4n) is 4.71. The van der Waals surface area contributed by atoms with Gasteiger partial charge in [0.2, 0.25) is 17.7 Å². The number of carbonyl (C=O) groups excluding carboxylic acids is 1. The van der Waals surface area contributed by atoms with E-state index in [9.17, 15) is 4.79 Å². The average Bonchev–Trinajstić information content (AvgIpc) is 3.48.